The first-order valence-corrected chi connectivity index (χ1v) is 5.28. The van der Waals surface area contributed by atoms with Gasteiger partial charge in [0, 0.05) is 12.3 Å². The maximum Gasteiger partial charge on any atom is 0.135 e. The molecular weight excluding hydrogens is 148 g/mol. The summed E-state index contributed by atoms with van der Waals surface area (Å²) in [6.07, 6.45) is 7.08. The molecule has 0 N–H and O–H groups in total. The normalized spacial score (nSPS) is 30.7. The highest BCUT2D eigenvalue weighted by Gasteiger charge is 2.26. The van der Waals surface area contributed by atoms with Crippen LogP contribution in [-0.4, -0.2) is 5.78 Å². The average molecular weight is 168 g/mol. The maximum absolute atomic E-state index is 11.4. The van der Waals surface area contributed by atoms with Gasteiger partial charge in [-0.2, -0.15) is 0 Å². The quantitative estimate of drug-likeness (QED) is 0.632. The van der Waals surface area contributed by atoms with Gasteiger partial charge in [-0.1, -0.05) is 26.7 Å². The summed E-state index contributed by atoms with van der Waals surface area (Å²) >= 11 is 0. The molecule has 0 aromatic rings. The summed E-state index contributed by atoms with van der Waals surface area (Å²) < 4.78 is 0. The summed E-state index contributed by atoms with van der Waals surface area (Å²) in [6.45, 7) is 4.33. The highest BCUT2D eigenvalue weighted by Crippen LogP contribution is 2.30. The fraction of sp³-hybridized carbons (Fsp3) is 0.909. The van der Waals surface area contributed by atoms with Gasteiger partial charge in [-0.3, -0.25) is 4.79 Å². The summed E-state index contributed by atoms with van der Waals surface area (Å²) in [4.78, 5) is 11.4. The molecule has 0 amide bonds. The van der Waals surface area contributed by atoms with E-state index >= 15 is 0 Å². The van der Waals surface area contributed by atoms with Crippen LogP contribution in [0.25, 0.3) is 0 Å². The van der Waals surface area contributed by atoms with Crippen LogP contribution in [0.15, 0.2) is 0 Å². The molecule has 70 valence electrons. The van der Waals surface area contributed by atoms with E-state index in [0.717, 1.165) is 12.8 Å². The van der Waals surface area contributed by atoms with Gasteiger partial charge in [0.25, 0.3) is 0 Å². The number of hydrogen-bond acceptors (Lipinski definition) is 1. The van der Waals surface area contributed by atoms with Crippen LogP contribution in [0.3, 0.4) is 0 Å². The first-order valence-electron chi connectivity index (χ1n) is 5.28. The summed E-state index contributed by atoms with van der Waals surface area (Å²) in [5.41, 5.74) is 0. The zero-order valence-corrected chi connectivity index (χ0v) is 8.31. The molecule has 0 aromatic heterocycles. The number of rotatable bonds is 3. The van der Waals surface area contributed by atoms with Crippen molar-refractivity contribution in [3.8, 4) is 0 Å². The fourth-order valence-electron chi connectivity index (χ4n) is 2.14. The Morgan fingerprint density at radius 1 is 1.50 bits per heavy atom. The number of ketones is 1. The van der Waals surface area contributed by atoms with E-state index in [1.807, 2.05) is 0 Å². The number of carbonyl (C=O) groups is 1. The highest BCUT2D eigenvalue weighted by atomic mass is 16.1. The van der Waals surface area contributed by atoms with Gasteiger partial charge in [-0.15, -0.1) is 0 Å². The van der Waals surface area contributed by atoms with Crippen molar-refractivity contribution in [2.45, 2.75) is 52.4 Å². The summed E-state index contributed by atoms with van der Waals surface area (Å²) in [5.74, 6) is 1.55. The molecule has 1 aliphatic carbocycles. The Hall–Kier alpha value is -0.330. The minimum Gasteiger partial charge on any atom is -0.299 e. The predicted octanol–water partition coefficient (Wildman–Crippen LogP) is 3.18. The number of Topliss-reactive ketones (excluding diaryl/α,β-unsaturated/α-hetero) is 1. The van der Waals surface area contributed by atoms with Gasteiger partial charge in [0.15, 0.2) is 0 Å². The van der Waals surface area contributed by atoms with Crippen molar-refractivity contribution < 1.29 is 4.79 Å². The van der Waals surface area contributed by atoms with Crippen LogP contribution in [-0.2, 0) is 4.79 Å². The molecule has 0 aliphatic heterocycles. The molecule has 1 saturated carbocycles. The van der Waals surface area contributed by atoms with E-state index in [0.29, 0.717) is 17.6 Å². The van der Waals surface area contributed by atoms with Crippen molar-refractivity contribution in [3.63, 3.8) is 0 Å². The van der Waals surface area contributed by atoms with Gasteiger partial charge < -0.3 is 0 Å². The topological polar surface area (TPSA) is 17.1 Å². The number of hydrogen-bond donors (Lipinski definition) is 0. The largest absolute Gasteiger partial charge is 0.299 e. The van der Waals surface area contributed by atoms with Gasteiger partial charge in [0.2, 0.25) is 0 Å². The van der Waals surface area contributed by atoms with Crippen LogP contribution in [0.2, 0.25) is 0 Å². The van der Waals surface area contributed by atoms with Gasteiger partial charge in [-0.25, -0.2) is 0 Å². The zero-order chi connectivity index (χ0) is 8.97. The van der Waals surface area contributed by atoms with E-state index in [-0.39, 0.29) is 0 Å². The summed E-state index contributed by atoms with van der Waals surface area (Å²) in [6, 6.07) is 0. The second-order valence-electron chi connectivity index (χ2n) is 4.05. The molecule has 12 heavy (non-hydrogen) atoms. The molecule has 2 atom stereocenters. The first-order chi connectivity index (χ1) is 5.75. The van der Waals surface area contributed by atoms with Crippen molar-refractivity contribution in [2.24, 2.45) is 11.8 Å². The Morgan fingerprint density at radius 3 is 2.92 bits per heavy atom. The van der Waals surface area contributed by atoms with Crippen molar-refractivity contribution in [2.75, 3.05) is 0 Å². The third-order valence-corrected chi connectivity index (χ3v) is 3.14. The molecule has 1 aliphatic rings. The Morgan fingerprint density at radius 2 is 2.25 bits per heavy atom. The molecule has 0 saturated heterocycles. The Bertz CT molecular complexity index is 151. The lowest BCUT2D eigenvalue weighted by molar-refractivity contribution is -0.126. The van der Waals surface area contributed by atoms with Crippen molar-refractivity contribution in [1.82, 2.24) is 0 Å². The Kier molecular flexibility index (Phi) is 3.77. The zero-order valence-electron chi connectivity index (χ0n) is 8.31. The lowest BCUT2D eigenvalue weighted by atomic mass is 9.77. The lowest BCUT2D eigenvalue weighted by Gasteiger charge is -2.27. The van der Waals surface area contributed by atoms with Gasteiger partial charge in [-0.05, 0) is 25.2 Å². The van der Waals surface area contributed by atoms with E-state index in [1.165, 1.54) is 25.7 Å². The first kappa shape index (κ1) is 9.76. The van der Waals surface area contributed by atoms with E-state index in [2.05, 4.69) is 13.8 Å². The molecule has 0 radical (unpaired) electrons. The minimum atomic E-state index is 0.352. The second kappa shape index (κ2) is 4.64. The van der Waals surface area contributed by atoms with Gasteiger partial charge >= 0.3 is 0 Å². The van der Waals surface area contributed by atoms with E-state index < -0.39 is 0 Å². The molecule has 0 bridgehead atoms. The third kappa shape index (κ3) is 2.33. The predicted molar refractivity (Wildman–Crippen MR) is 51.0 cm³/mol. The lowest BCUT2D eigenvalue weighted by Crippen LogP contribution is -2.25. The second-order valence-corrected chi connectivity index (χ2v) is 4.05. The SMILES string of the molecule is CCCC[C@H]1CCCC(=O)[C@H]1C. The van der Waals surface area contributed by atoms with Crippen LogP contribution in [0.4, 0.5) is 0 Å². The van der Waals surface area contributed by atoms with Crippen molar-refractivity contribution in [3.05, 3.63) is 0 Å². The van der Waals surface area contributed by atoms with Gasteiger partial charge in [0.1, 0.15) is 5.78 Å². The van der Waals surface area contributed by atoms with Gasteiger partial charge in [0.05, 0.1) is 0 Å². The van der Waals surface area contributed by atoms with Crippen LogP contribution in [0.5, 0.6) is 0 Å². The molecule has 0 unspecified atom stereocenters. The smallest absolute Gasteiger partial charge is 0.135 e. The number of unbranched alkanes of at least 4 members (excludes halogenated alkanes) is 1. The van der Waals surface area contributed by atoms with E-state index in [9.17, 15) is 4.79 Å². The van der Waals surface area contributed by atoms with E-state index in [4.69, 9.17) is 0 Å². The number of carbonyl (C=O) groups excluding carboxylic acids is 1. The Labute approximate surface area is 75.5 Å². The van der Waals surface area contributed by atoms with Crippen molar-refractivity contribution in [1.29, 1.82) is 0 Å². The highest BCUT2D eigenvalue weighted by molar-refractivity contribution is 5.81. The molecule has 0 heterocycles. The van der Waals surface area contributed by atoms with Crippen molar-refractivity contribution >= 4 is 5.78 Å². The van der Waals surface area contributed by atoms with Crippen LogP contribution in [0, 0.1) is 11.8 Å². The van der Waals surface area contributed by atoms with Crippen LogP contribution in [0.1, 0.15) is 52.4 Å². The summed E-state index contributed by atoms with van der Waals surface area (Å²) in [5, 5.41) is 0. The minimum absolute atomic E-state index is 0.352. The van der Waals surface area contributed by atoms with E-state index in [1.54, 1.807) is 0 Å². The Balaban J connectivity index is 2.35. The maximum atomic E-state index is 11.4. The summed E-state index contributed by atoms with van der Waals surface area (Å²) in [7, 11) is 0. The molecule has 1 rings (SSSR count). The van der Waals surface area contributed by atoms with Crippen LogP contribution >= 0.6 is 0 Å². The fourth-order valence-corrected chi connectivity index (χ4v) is 2.14. The molecule has 1 nitrogen and oxygen atoms in total. The molecular formula is C11H20O. The average Bonchev–Trinajstić information content (AvgIpc) is 2.08. The third-order valence-electron chi connectivity index (χ3n) is 3.14. The van der Waals surface area contributed by atoms with Crippen LogP contribution < -0.4 is 0 Å². The molecule has 0 spiro atoms. The molecule has 1 heteroatoms. The molecule has 1 fully saturated rings. The molecule has 0 aromatic carbocycles. The standard InChI is InChI=1S/C11H20O/c1-3-4-6-10-7-5-8-11(12)9(10)2/h9-10H,3-8H2,1-2H3/t9-,10-/m0/s1. The monoisotopic (exact) mass is 168 g/mol.